The number of fused-ring (bicyclic) bond motifs is 4. The number of benzene rings is 2. The van der Waals surface area contributed by atoms with Gasteiger partial charge in [-0.05, 0) is 43.3 Å². The van der Waals surface area contributed by atoms with Crippen molar-refractivity contribution in [3.63, 3.8) is 0 Å². The first kappa shape index (κ1) is 19.3. The summed E-state index contributed by atoms with van der Waals surface area (Å²) in [6.45, 7) is 1.80. The van der Waals surface area contributed by atoms with Gasteiger partial charge in [-0.3, -0.25) is 14.4 Å². The molecule has 2 aliphatic heterocycles. The predicted octanol–water partition coefficient (Wildman–Crippen LogP) is 4.75. The molecule has 0 saturated heterocycles. The number of furan rings is 1. The number of aryl methyl sites for hydroxylation is 1. The van der Waals surface area contributed by atoms with E-state index in [0.29, 0.717) is 39.2 Å². The maximum absolute atomic E-state index is 13.3. The van der Waals surface area contributed by atoms with Crippen molar-refractivity contribution in [2.24, 2.45) is 0 Å². The zero-order chi connectivity index (χ0) is 22.7. The third-order valence-corrected chi connectivity index (χ3v) is 5.90. The van der Waals surface area contributed by atoms with Crippen molar-refractivity contribution in [3.8, 4) is 11.5 Å². The van der Waals surface area contributed by atoms with E-state index in [-0.39, 0.29) is 34.9 Å². The van der Waals surface area contributed by atoms with Crippen LogP contribution in [0.1, 0.15) is 45.3 Å². The van der Waals surface area contributed by atoms with E-state index >= 15 is 0 Å². The molecule has 0 bridgehead atoms. The van der Waals surface area contributed by atoms with Crippen LogP contribution in [0.2, 0.25) is 0 Å². The lowest BCUT2D eigenvalue weighted by atomic mass is 9.85. The number of carbonyl (C=O) groups excluding carboxylic acids is 2. The topological polar surface area (TPSA) is 96.0 Å². The zero-order valence-electron chi connectivity index (χ0n) is 17.4. The lowest BCUT2D eigenvalue weighted by Crippen LogP contribution is -2.25. The molecule has 33 heavy (non-hydrogen) atoms. The van der Waals surface area contributed by atoms with Gasteiger partial charge in [0.2, 0.25) is 5.78 Å². The minimum Gasteiger partial charge on any atom is -0.464 e. The van der Waals surface area contributed by atoms with Crippen LogP contribution in [0.4, 0.5) is 0 Å². The van der Waals surface area contributed by atoms with Crippen molar-refractivity contribution in [1.82, 2.24) is 0 Å². The van der Waals surface area contributed by atoms with Gasteiger partial charge in [0.1, 0.15) is 28.6 Å². The van der Waals surface area contributed by atoms with Gasteiger partial charge in [0.25, 0.3) is 0 Å². The third kappa shape index (κ3) is 3.01. The Hall–Kier alpha value is -4.39. The fraction of sp³-hybridized carbons (Fsp3) is 0.115. The maximum atomic E-state index is 13.3. The summed E-state index contributed by atoms with van der Waals surface area (Å²) >= 11 is 0. The van der Waals surface area contributed by atoms with Gasteiger partial charge in [-0.2, -0.15) is 0 Å². The number of allylic oxidation sites excluding steroid dienone is 1. The zero-order valence-corrected chi connectivity index (χ0v) is 17.4. The van der Waals surface area contributed by atoms with E-state index in [1.165, 1.54) is 12.3 Å². The molecule has 1 atom stereocenters. The number of Topliss-reactive ketones (excluding diaryl/α,β-unsaturated/α-hetero) is 1. The number of ether oxygens (including phenoxy) is 2. The molecule has 4 heterocycles. The summed E-state index contributed by atoms with van der Waals surface area (Å²) in [7, 11) is 0. The number of carbonyl (C=O) groups is 2. The molecule has 0 fully saturated rings. The molecule has 0 aliphatic carbocycles. The van der Waals surface area contributed by atoms with Gasteiger partial charge in [-0.25, -0.2) is 0 Å². The molecule has 162 valence electrons. The molecule has 2 aromatic carbocycles. The van der Waals surface area contributed by atoms with Gasteiger partial charge in [0.05, 0.1) is 23.6 Å². The fourth-order valence-electron chi connectivity index (χ4n) is 4.37. The molecule has 0 amide bonds. The van der Waals surface area contributed by atoms with Gasteiger partial charge in [0.15, 0.2) is 11.2 Å². The van der Waals surface area contributed by atoms with Crippen LogP contribution in [0.5, 0.6) is 11.5 Å². The number of hydrogen-bond donors (Lipinski definition) is 0. The number of rotatable bonds is 2. The SMILES string of the molecule is Cc1ccc(/C=C2\Oc3c(ccc4c3[C@@H](c3coc5ccccc5c3=O)CC(=O)O4)C2=O)o1. The van der Waals surface area contributed by atoms with E-state index in [1.54, 1.807) is 55.5 Å². The fourth-order valence-corrected chi connectivity index (χ4v) is 4.37. The summed E-state index contributed by atoms with van der Waals surface area (Å²) < 4.78 is 22.6. The Kier molecular flexibility index (Phi) is 4.13. The number of ketones is 1. The Morgan fingerprint density at radius 3 is 2.64 bits per heavy atom. The van der Waals surface area contributed by atoms with Gasteiger partial charge in [0, 0.05) is 23.1 Å². The molecule has 0 radical (unpaired) electrons. The number of para-hydroxylation sites is 1. The molecule has 6 rings (SSSR count). The van der Waals surface area contributed by atoms with E-state index in [1.807, 2.05) is 0 Å². The second kappa shape index (κ2) is 7.06. The summed E-state index contributed by atoms with van der Waals surface area (Å²) in [4.78, 5) is 38.7. The maximum Gasteiger partial charge on any atom is 0.312 e. The smallest absolute Gasteiger partial charge is 0.312 e. The lowest BCUT2D eigenvalue weighted by Gasteiger charge is -2.25. The Bertz CT molecular complexity index is 1570. The normalized spacial score (nSPS) is 18.2. The number of hydrogen-bond acceptors (Lipinski definition) is 7. The van der Waals surface area contributed by atoms with Gasteiger partial charge >= 0.3 is 5.97 Å². The van der Waals surface area contributed by atoms with Crippen molar-refractivity contribution < 1.29 is 27.9 Å². The molecule has 7 heteroatoms. The molecule has 0 saturated carbocycles. The van der Waals surface area contributed by atoms with Gasteiger partial charge in [-0.1, -0.05) is 12.1 Å². The summed E-state index contributed by atoms with van der Waals surface area (Å²) in [5.74, 6) is 0.327. The summed E-state index contributed by atoms with van der Waals surface area (Å²) in [5.41, 5.74) is 1.31. The van der Waals surface area contributed by atoms with Crippen molar-refractivity contribution in [2.75, 3.05) is 0 Å². The largest absolute Gasteiger partial charge is 0.464 e. The average Bonchev–Trinajstić information content (AvgIpc) is 3.36. The van der Waals surface area contributed by atoms with Gasteiger partial charge in [-0.15, -0.1) is 0 Å². The van der Waals surface area contributed by atoms with Crippen LogP contribution in [-0.4, -0.2) is 11.8 Å². The first-order chi connectivity index (χ1) is 16.0. The van der Waals surface area contributed by atoms with E-state index in [2.05, 4.69) is 0 Å². The molecule has 2 aliphatic rings. The molecular formula is C26H16O7. The highest BCUT2D eigenvalue weighted by Crippen LogP contribution is 2.48. The molecule has 2 aromatic heterocycles. The number of esters is 1. The van der Waals surface area contributed by atoms with Crippen LogP contribution in [0.3, 0.4) is 0 Å². The average molecular weight is 440 g/mol. The quantitative estimate of drug-likeness (QED) is 0.252. The van der Waals surface area contributed by atoms with Crippen LogP contribution >= 0.6 is 0 Å². The summed E-state index contributed by atoms with van der Waals surface area (Å²) in [6.07, 6.45) is 2.81. The van der Waals surface area contributed by atoms with Gasteiger partial charge < -0.3 is 18.3 Å². The second-order valence-electron chi connectivity index (χ2n) is 7.99. The van der Waals surface area contributed by atoms with E-state index in [4.69, 9.17) is 18.3 Å². The van der Waals surface area contributed by atoms with Crippen LogP contribution < -0.4 is 14.9 Å². The van der Waals surface area contributed by atoms with Crippen LogP contribution in [0, 0.1) is 6.92 Å². The second-order valence-corrected chi connectivity index (χ2v) is 7.99. The van der Waals surface area contributed by atoms with Crippen molar-refractivity contribution >= 4 is 28.8 Å². The highest BCUT2D eigenvalue weighted by molar-refractivity contribution is 6.15. The van der Waals surface area contributed by atoms with Crippen molar-refractivity contribution in [1.29, 1.82) is 0 Å². The van der Waals surface area contributed by atoms with E-state index in [9.17, 15) is 14.4 Å². The van der Waals surface area contributed by atoms with Crippen LogP contribution in [0.25, 0.3) is 17.0 Å². The van der Waals surface area contributed by atoms with E-state index < -0.39 is 11.9 Å². The van der Waals surface area contributed by atoms with Crippen molar-refractivity contribution in [2.45, 2.75) is 19.3 Å². The van der Waals surface area contributed by atoms with E-state index in [0.717, 1.165) is 0 Å². The van der Waals surface area contributed by atoms with Crippen LogP contribution in [0.15, 0.2) is 74.2 Å². The minimum absolute atomic E-state index is 0.0828. The Morgan fingerprint density at radius 1 is 0.970 bits per heavy atom. The molecular weight excluding hydrogens is 424 g/mol. The Morgan fingerprint density at radius 2 is 1.82 bits per heavy atom. The molecule has 4 aromatic rings. The molecule has 0 N–H and O–H groups in total. The highest BCUT2D eigenvalue weighted by Gasteiger charge is 2.39. The summed E-state index contributed by atoms with van der Waals surface area (Å²) in [6, 6.07) is 13.5. The third-order valence-electron chi connectivity index (χ3n) is 5.90. The lowest BCUT2D eigenvalue weighted by molar-refractivity contribution is -0.135. The first-order valence-electron chi connectivity index (χ1n) is 10.4. The summed E-state index contributed by atoms with van der Waals surface area (Å²) in [5, 5.41) is 0.411. The molecule has 0 unspecified atom stereocenters. The Balaban J connectivity index is 1.52. The molecule has 7 nitrogen and oxygen atoms in total. The Labute approximate surface area is 186 Å². The monoisotopic (exact) mass is 440 g/mol. The van der Waals surface area contributed by atoms with Crippen molar-refractivity contribution in [3.05, 3.63) is 99.0 Å². The first-order valence-corrected chi connectivity index (χ1v) is 10.4. The highest BCUT2D eigenvalue weighted by atomic mass is 16.5. The molecule has 0 spiro atoms. The predicted molar refractivity (Wildman–Crippen MR) is 117 cm³/mol. The van der Waals surface area contributed by atoms with Crippen LogP contribution in [-0.2, 0) is 4.79 Å². The standard InChI is InChI=1S/C26H16O7/c1-13-6-7-14(31-13)10-21-25(29)16-8-9-20-23(26(16)33-21)17(11-22(27)32-20)18-12-30-19-5-3-2-4-15(19)24(18)28/h2-10,12,17H,11H2,1H3/b21-10-/t17-/m1/s1. The minimum atomic E-state index is -0.685.